The van der Waals surface area contributed by atoms with Crippen molar-refractivity contribution in [3.63, 3.8) is 0 Å². The average Bonchev–Trinajstić information content (AvgIpc) is 3.18. The Kier molecular flexibility index (Phi) is 4.97. The summed E-state index contributed by atoms with van der Waals surface area (Å²) in [4.78, 5) is 26.1. The average molecular weight is 335 g/mol. The SMILES string of the molecule is CCOC(=O)C1=C(CN2CCCC2c2ccsc2)NC(=O)NC1. The molecule has 2 N–H and O–H groups in total. The first kappa shape index (κ1) is 16.0. The zero-order valence-corrected chi connectivity index (χ0v) is 13.9. The lowest BCUT2D eigenvalue weighted by Crippen LogP contribution is -2.46. The van der Waals surface area contributed by atoms with Gasteiger partial charge in [0.15, 0.2) is 0 Å². The molecule has 6 nitrogen and oxygen atoms in total. The first-order valence-electron chi connectivity index (χ1n) is 7.89. The summed E-state index contributed by atoms with van der Waals surface area (Å²) in [5, 5.41) is 9.68. The van der Waals surface area contributed by atoms with Gasteiger partial charge in [0, 0.05) is 18.3 Å². The lowest BCUT2D eigenvalue weighted by atomic mass is 10.1. The van der Waals surface area contributed by atoms with Gasteiger partial charge in [-0.1, -0.05) is 0 Å². The second-order valence-corrected chi connectivity index (χ2v) is 6.45. The van der Waals surface area contributed by atoms with Gasteiger partial charge in [-0.2, -0.15) is 11.3 Å². The van der Waals surface area contributed by atoms with Crippen molar-refractivity contribution in [1.82, 2.24) is 15.5 Å². The highest BCUT2D eigenvalue weighted by atomic mass is 32.1. The largest absolute Gasteiger partial charge is 0.463 e. The molecular weight excluding hydrogens is 314 g/mol. The van der Waals surface area contributed by atoms with Crippen LogP contribution in [-0.4, -0.2) is 43.1 Å². The van der Waals surface area contributed by atoms with Crippen molar-refractivity contribution >= 4 is 23.3 Å². The molecule has 124 valence electrons. The second-order valence-electron chi connectivity index (χ2n) is 5.67. The number of likely N-dealkylation sites (tertiary alicyclic amines) is 1. The maximum Gasteiger partial charge on any atom is 0.337 e. The van der Waals surface area contributed by atoms with Crippen LogP contribution in [0.1, 0.15) is 31.4 Å². The molecule has 1 aromatic rings. The molecule has 2 amide bonds. The first-order chi connectivity index (χ1) is 11.2. The van der Waals surface area contributed by atoms with Crippen LogP contribution in [0.4, 0.5) is 4.79 Å². The highest BCUT2D eigenvalue weighted by Gasteiger charge is 2.30. The van der Waals surface area contributed by atoms with E-state index in [1.54, 1.807) is 18.3 Å². The van der Waals surface area contributed by atoms with Gasteiger partial charge < -0.3 is 15.4 Å². The van der Waals surface area contributed by atoms with E-state index in [2.05, 4.69) is 32.4 Å². The predicted molar refractivity (Wildman–Crippen MR) is 88.1 cm³/mol. The van der Waals surface area contributed by atoms with Crippen LogP contribution in [0.25, 0.3) is 0 Å². The fourth-order valence-corrected chi connectivity index (χ4v) is 3.85. The van der Waals surface area contributed by atoms with E-state index >= 15 is 0 Å². The smallest absolute Gasteiger partial charge is 0.337 e. The summed E-state index contributed by atoms with van der Waals surface area (Å²) >= 11 is 1.69. The van der Waals surface area contributed by atoms with E-state index in [4.69, 9.17) is 4.74 Å². The Morgan fingerprint density at radius 1 is 1.52 bits per heavy atom. The Labute approximate surface area is 139 Å². The van der Waals surface area contributed by atoms with Crippen LogP contribution in [0.5, 0.6) is 0 Å². The highest BCUT2D eigenvalue weighted by Crippen LogP contribution is 2.33. The molecule has 2 aliphatic rings. The lowest BCUT2D eigenvalue weighted by molar-refractivity contribution is -0.138. The van der Waals surface area contributed by atoms with Crippen LogP contribution in [0.2, 0.25) is 0 Å². The van der Waals surface area contributed by atoms with Crippen molar-refractivity contribution in [1.29, 1.82) is 0 Å². The summed E-state index contributed by atoms with van der Waals surface area (Å²) in [6.45, 7) is 3.84. The van der Waals surface area contributed by atoms with E-state index in [0.717, 1.165) is 19.4 Å². The molecule has 0 saturated carbocycles. The van der Waals surface area contributed by atoms with Gasteiger partial charge in [0.05, 0.1) is 18.7 Å². The number of carbonyl (C=O) groups is 2. The standard InChI is InChI=1S/C16H21N3O3S/c1-2-22-15(20)12-8-17-16(21)18-13(12)9-19-6-3-4-14(19)11-5-7-23-10-11/h5,7,10,14H,2-4,6,8-9H2,1H3,(H2,17,18,21). The first-order valence-corrected chi connectivity index (χ1v) is 8.83. The Morgan fingerprint density at radius 2 is 2.39 bits per heavy atom. The Hall–Kier alpha value is -1.86. The van der Waals surface area contributed by atoms with E-state index in [1.807, 2.05) is 0 Å². The molecule has 3 rings (SSSR count). The number of ether oxygens (including phenoxy) is 1. The molecular formula is C16H21N3O3S. The molecule has 0 radical (unpaired) electrons. The molecule has 0 bridgehead atoms. The molecule has 1 saturated heterocycles. The summed E-state index contributed by atoms with van der Waals surface area (Å²) in [7, 11) is 0. The van der Waals surface area contributed by atoms with Gasteiger partial charge in [-0.15, -0.1) is 0 Å². The Balaban J connectivity index is 1.79. The lowest BCUT2D eigenvalue weighted by Gasteiger charge is -2.28. The van der Waals surface area contributed by atoms with Gasteiger partial charge in [0.2, 0.25) is 0 Å². The number of hydrogen-bond donors (Lipinski definition) is 2. The van der Waals surface area contributed by atoms with Crippen LogP contribution < -0.4 is 10.6 Å². The molecule has 0 aliphatic carbocycles. The van der Waals surface area contributed by atoms with Crippen LogP contribution in [0, 0.1) is 0 Å². The number of carbonyl (C=O) groups excluding carboxylic acids is 2. The van der Waals surface area contributed by atoms with Crippen molar-refractivity contribution < 1.29 is 14.3 Å². The minimum absolute atomic E-state index is 0.219. The monoisotopic (exact) mass is 335 g/mol. The molecule has 1 atom stereocenters. The van der Waals surface area contributed by atoms with E-state index < -0.39 is 0 Å². The minimum Gasteiger partial charge on any atom is -0.463 e. The quantitative estimate of drug-likeness (QED) is 0.808. The van der Waals surface area contributed by atoms with Crippen molar-refractivity contribution in [2.45, 2.75) is 25.8 Å². The van der Waals surface area contributed by atoms with Crippen LogP contribution >= 0.6 is 11.3 Å². The normalized spacial score (nSPS) is 22.0. The van der Waals surface area contributed by atoms with E-state index in [-0.39, 0.29) is 18.5 Å². The summed E-state index contributed by atoms with van der Waals surface area (Å²) in [6, 6.07) is 2.23. The third-order valence-electron chi connectivity index (χ3n) is 4.23. The molecule has 1 fully saturated rings. The molecule has 3 heterocycles. The third-order valence-corrected chi connectivity index (χ3v) is 4.93. The maximum absolute atomic E-state index is 12.1. The second kappa shape index (κ2) is 7.14. The number of nitrogens with one attached hydrogen (secondary N) is 2. The van der Waals surface area contributed by atoms with Crippen molar-refractivity contribution in [3.05, 3.63) is 33.7 Å². The topological polar surface area (TPSA) is 70.7 Å². The third kappa shape index (κ3) is 3.56. The van der Waals surface area contributed by atoms with Gasteiger partial charge in [0.25, 0.3) is 0 Å². The Morgan fingerprint density at radius 3 is 3.13 bits per heavy atom. The van der Waals surface area contributed by atoms with Crippen molar-refractivity contribution in [3.8, 4) is 0 Å². The number of nitrogens with zero attached hydrogens (tertiary/aromatic N) is 1. The van der Waals surface area contributed by atoms with Gasteiger partial charge in [-0.3, -0.25) is 4.90 Å². The van der Waals surface area contributed by atoms with Crippen LogP contribution in [0.15, 0.2) is 28.1 Å². The zero-order valence-electron chi connectivity index (χ0n) is 13.1. The highest BCUT2D eigenvalue weighted by molar-refractivity contribution is 7.07. The number of esters is 1. The van der Waals surface area contributed by atoms with Gasteiger partial charge in [-0.05, 0) is 48.7 Å². The van der Waals surface area contributed by atoms with Gasteiger partial charge >= 0.3 is 12.0 Å². The van der Waals surface area contributed by atoms with Gasteiger partial charge in [-0.25, -0.2) is 9.59 Å². The summed E-state index contributed by atoms with van der Waals surface area (Å²) in [5.41, 5.74) is 2.49. The molecule has 1 aromatic heterocycles. The molecule has 2 aliphatic heterocycles. The molecule has 0 aromatic carbocycles. The number of urea groups is 1. The minimum atomic E-state index is -0.360. The summed E-state index contributed by atoms with van der Waals surface area (Å²) in [5.74, 6) is -0.360. The predicted octanol–water partition coefficient (Wildman–Crippen LogP) is 2.01. The molecule has 0 spiro atoms. The van der Waals surface area contributed by atoms with E-state index in [0.29, 0.717) is 30.5 Å². The zero-order chi connectivity index (χ0) is 16.2. The number of hydrogen-bond acceptors (Lipinski definition) is 5. The van der Waals surface area contributed by atoms with Crippen molar-refractivity contribution in [2.24, 2.45) is 0 Å². The summed E-state index contributed by atoms with van der Waals surface area (Å²) in [6.07, 6.45) is 2.22. The summed E-state index contributed by atoms with van der Waals surface area (Å²) < 4.78 is 5.11. The van der Waals surface area contributed by atoms with Crippen LogP contribution in [-0.2, 0) is 9.53 Å². The number of amides is 2. The number of thiophene rings is 1. The van der Waals surface area contributed by atoms with E-state index in [1.165, 1.54) is 5.56 Å². The van der Waals surface area contributed by atoms with Crippen LogP contribution in [0.3, 0.4) is 0 Å². The van der Waals surface area contributed by atoms with Crippen molar-refractivity contribution in [2.75, 3.05) is 26.2 Å². The van der Waals surface area contributed by atoms with Gasteiger partial charge in [0.1, 0.15) is 0 Å². The van der Waals surface area contributed by atoms with E-state index in [9.17, 15) is 9.59 Å². The Bertz CT molecular complexity index is 612. The molecule has 1 unspecified atom stereocenters. The molecule has 7 heteroatoms. The fraction of sp³-hybridized carbons (Fsp3) is 0.500. The maximum atomic E-state index is 12.1. The fourth-order valence-electron chi connectivity index (χ4n) is 3.14. The molecule has 23 heavy (non-hydrogen) atoms. The number of rotatable bonds is 5.